The van der Waals surface area contributed by atoms with Gasteiger partial charge < -0.3 is 19.4 Å². The third-order valence-corrected chi connectivity index (χ3v) is 8.68. The van der Waals surface area contributed by atoms with Crippen LogP contribution < -0.4 is 9.64 Å². The minimum absolute atomic E-state index is 0.159. The van der Waals surface area contributed by atoms with Crippen LogP contribution in [0.15, 0.2) is 67.4 Å². The molecule has 6 rings (SSSR count). The lowest BCUT2D eigenvalue weighted by molar-refractivity contribution is -0.128. The number of hydrogen-bond donors (Lipinski definition) is 0. The van der Waals surface area contributed by atoms with Gasteiger partial charge in [-0.25, -0.2) is 4.98 Å². The topological polar surface area (TPSA) is 85.6 Å². The zero-order valence-electron chi connectivity index (χ0n) is 24.4. The van der Waals surface area contributed by atoms with Crippen molar-refractivity contribution in [2.24, 2.45) is 0 Å². The Balaban J connectivity index is 1.43. The first-order chi connectivity index (χ1) is 21.0. The third kappa shape index (κ3) is 5.50. The molecule has 0 spiro atoms. The van der Waals surface area contributed by atoms with Gasteiger partial charge in [-0.2, -0.15) is 5.26 Å². The fourth-order valence-corrected chi connectivity index (χ4v) is 6.37. The van der Waals surface area contributed by atoms with Gasteiger partial charge in [0.1, 0.15) is 12.1 Å². The van der Waals surface area contributed by atoms with E-state index in [1.807, 2.05) is 36.5 Å². The first kappa shape index (κ1) is 28.2. The molecule has 4 heterocycles. The minimum atomic E-state index is -0.263. The van der Waals surface area contributed by atoms with Crippen LogP contribution in [0.5, 0.6) is 5.88 Å². The van der Waals surface area contributed by atoms with Crippen molar-refractivity contribution in [2.75, 3.05) is 44.7 Å². The minimum Gasteiger partial charge on any atom is -0.476 e. The highest BCUT2D eigenvalue weighted by atomic mass is 16.5. The second-order valence-corrected chi connectivity index (χ2v) is 11.2. The molecule has 4 aromatic rings. The van der Waals surface area contributed by atoms with Gasteiger partial charge in [-0.3, -0.25) is 9.78 Å². The summed E-state index contributed by atoms with van der Waals surface area (Å²) in [5.41, 5.74) is 5.06. The smallest absolute Gasteiger partial charge is 0.246 e. The van der Waals surface area contributed by atoms with E-state index in [1.165, 1.54) is 6.08 Å². The molecule has 2 aromatic carbocycles. The summed E-state index contributed by atoms with van der Waals surface area (Å²) in [6.07, 6.45) is 11.6. The maximum Gasteiger partial charge on any atom is 0.246 e. The van der Waals surface area contributed by atoms with Crippen molar-refractivity contribution in [3.05, 3.63) is 72.9 Å². The summed E-state index contributed by atoms with van der Waals surface area (Å²) < 4.78 is 6.34. The number of carbonyl (C=O) groups is 1. The predicted octanol–water partition coefficient (Wildman–Crippen LogP) is 5.02. The number of rotatable bonds is 7. The lowest BCUT2D eigenvalue weighted by atomic mass is 9.95. The molecule has 0 saturated carbocycles. The summed E-state index contributed by atoms with van der Waals surface area (Å²) in [7, 11) is 2.13. The number of aromatic nitrogens is 2. The number of anilines is 1. The molecule has 2 atom stereocenters. The van der Waals surface area contributed by atoms with Crippen LogP contribution >= 0.6 is 0 Å². The van der Waals surface area contributed by atoms with Gasteiger partial charge >= 0.3 is 0 Å². The molecular formula is C35H34N6O2. The Morgan fingerprint density at radius 3 is 2.77 bits per heavy atom. The molecule has 2 fully saturated rings. The average Bonchev–Trinajstić information content (AvgIpc) is 3.46. The molecule has 2 aliphatic heterocycles. The summed E-state index contributed by atoms with van der Waals surface area (Å²) in [5, 5.41) is 11.6. The Bertz CT molecular complexity index is 1780. The molecule has 43 heavy (non-hydrogen) atoms. The number of carbonyl (C=O) groups excluding carboxylic acids is 1. The van der Waals surface area contributed by atoms with Crippen LogP contribution in [0.4, 0.5) is 5.69 Å². The number of hydrogen-bond acceptors (Lipinski definition) is 7. The molecule has 8 heteroatoms. The van der Waals surface area contributed by atoms with E-state index in [2.05, 4.69) is 53.6 Å². The number of nitrogens with zero attached hydrogens (tertiary/aromatic N) is 6. The van der Waals surface area contributed by atoms with E-state index in [9.17, 15) is 10.1 Å². The normalized spacial score (nSPS) is 18.9. The largest absolute Gasteiger partial charge is 0.476 e. The fourth-order valence-electron chi connectivity index (χ4n) is 6.37. The highest BCUT2D eigenvalue weighted by Crippen LogP contribution is 2.36. The molecule has 8 nitrogen and oxygen atoms in total. The van der Waals surface area contributed by atoms with E-state index >= 15 is 0 Å². The highest BCUT2D eigenvalue weighted by molar-refractivity contribution is 6.02. The first-order valence-electron chi connectivity index (χ1n) is 14.7. The van der Waals surface area contributed by atoms with Gasteiger partial charge in [-0.05, 0) is 55.6 Å². The van der Waals surface area contributed by atoms with Crippen molar-refractivity contribution in [2.45, 2.75) is 31.3 Å². The van der Waals surface area contributed by atoms with Crippen molar-refractivity contribution in [1.29, 1.82) is 5.26 Å². The molecule has 0 aliphatic carbocycles. The van der Waals surface area contributed by atoms with Gasteiger partial charge in [0.05, 0.1) is 29.7 Å². The van der Waals surface area contributed by atoms with Crippen LogP contribution in [-0.2, 0) is 4.79 Å². The number of likely N-dealkylation sites (N-methyl/N-ethyl adjacent to an activating group) is 1. The van der Waals surface area contributed by atoms with Gasteiger partial charge in [-0.1, -0.05) is 42.8 Å². The van der Waals surface area contributed by atoms with E-state index in [0.717, 1.165) is 58.1 Å². The third-order valence-electron chi connectivity index (χ3n) is 8.68. The first-order valence-corrected chi connectivity index (χ1v) is 14.7. The number of terminal acetylenes is 1. The van der Waals surface area contributed by atoms with Crippen LogP contribution in [0.1, 0.15) is 24.8 Å². The SMILES string of the molecule is C#Cc1cccc2cccc(-c3cnc4c(N5CCN(C(=O)C=C)C(CC#N)C5)cc(OC[C@@H]5CCCN5C)nc4c3)c12. The van der Waals surface area contributed by atoms with E-state index in [4.69, 9.17) is 21.1 Å². The lowest BCUT2D eigenvalue weighted by Gasteiger charge is -2.41. The van der Waals surface area contributed by atoms with Crippen LogP contribution in [-0.4, -0.2) is 77.6 Å². The number of benzene rings is 2. The molecule has 0 radical (unpaired) electrons. The van der Waals surface area contributed by atoms with Gasteiger partial charge in [-0.15, -0.1) is 6.42 Å². The highest BCUT2D eigenvalue weighted by Gasteiger charge is 2.31. The van der Waals surface area contributed by atoms with E-state index in [-0.39, 0.29) is 18.4 Å². The van der Waals surface area contributed by atoms with E-state index in [0.29, 0.717) is 43.7 Å². The number of piperazine rings is 1. The zero-order valence-corrected chi connectivity index (χ0v) is 24.4. The molecule has 0 bridgehead atoms. The maximum atomic E-state index is 12.5. The summed E-state index contributed by atoms with van der Waals surface area (Å²) in [4.78, 5) is 28.7. The number of fused-ring (bicyclic) bond motifs is 2. The summed E-state index contributed by atoms with van der Waals surface area (Å²) in [6, 6.07) is 18.5. The molecule has 2 saturated heterocycles. The Morgan fingerprint density at radius 1 is 1.19 bits per heavy atom. The van der Waals surface area contributed by atoms with E-state index < -0.39 is 0 Å². The van der Waals surface area contributed by atoms with Crippen molar-refractivity contribution < 1.29 is 9.53 Å². The summed E-state index contributed by atoms with van der Waals surface area (Å²) in [6.45, 7) is 6.82. The number of amides is 1. The van der Waals surface area contributed by atoms with Crippen molar-refractivity contribution in [1.82, 2.24) is 19.8 Å². The van der Waals surface area contributed by atoms with Crippen molar-refractivity contribution in [3.8, 4) is 35.4 Å². The van der Waals surface area contributed by atoms with Gasteiger partial charge in [0.25, 0.3) is 0 Å². The molecule has 216 valence electrons. The van der Waals surface area contributed by atoms with Gasteiger partial charge in [0.2, 0.25) is 11.8 Å². The number of likely N-dealkylation sites (tertiary alicyclic amines) is 1. The number of pyridine rings is 2. The van der Waals surface area contributed by atoms with Crippen LogP contribution in [0, 0.1) is 23.7 Å². The maximum absolute atomic E-state index is 12.5. The van der Waals surface area contributed by atoms with Crippen LogP contribution in [0.25, 0.3) is 32.9 Å². The quantitative estimate of drug-likeness (QED) is 0.228. The van der Waals surface area contributed by atoms with E-state index in [1.54, 1.807) is 4.90 Å². The summed E-state index contributed by atoms with van der Waals surface area (Å²) >= 11 is 0. The van der Waals surface area contributed by atoms with Crippen molar-refractivity contribution >= 4 is 33.4 Å². The lowest BCUT2D eigenvalue weighted by Crippen LogP contribution is -2.55. The molecule has 2 aliphatic rings. The number of nitriles is 1. The second kappa shape index (κ2) is 12.1. The molecule has 1 amide bonds. The Morgan fingerprint density at radius 2 is 2.02 bits per heavy atom. The molecular weight excluding hydrogens is 536 g/mol. The Labute approximate surface area is 252 Å². The number of ether oxygens (including phenoxy) is 1. The molecule has 1 unspecified atom stereocenters. The average molecular weight is 571 g/mol. The predicted molar refractivity (Wildman–Crippen MR) is 170 cm³/mol. The second-order valence-electron chi connectivity index (χ2n) is 11.2. The fraction of sp³-hybridized carbons (Fsp3) is 0.314. The molecule has 2 aromatic heterocycles. The molecule has 0 N–H and O–H groups in total. The van der Waals surface area contributed by atoms with Crippen LogP contribution in [0.3, 0.4) is 0 Å². The van der Waals surface area contributed by atoms with Gasteiger partial charge in [0, 0.05) is 54.5 Å². The summed E-state index contributed by atoms with van der Waals surface area (Å²) in [5.74, 6) is 3.21. The monoisotopic (exact) mass is 570 g/mol. The van der Waals surface area contributed by atoms with Gasteiger partial charge in [0.15, 0.2) is 0 Å². The van der Waals surface area contributed by atoms with Crippen LogP contribution in [0.2, 0.25) is 0 Å². The standard InChI is InChI=1S/C35H34N6O2/c1-4-24-9-6-10-25-11-7-13-29(34(24)25)26-19-30-35(37-21-26)31(20-32(38-30)43-23-28-12-8-16-39(28)3)40-17-18-41(33(42)5-2)27(22-40)14-15-36/h1,5-7,9-11,13,19-21,27-28H,2,8,12,14,16-18,22-23H2,3H3/t27?,28-/m0/s1. The van der Waals surface area contributed by atoms with Crippen molar-refractivity contribution in [3.63, 3.8) is 0 Å². The Kier molecular flexibility index (Phi) is 7.96. The zero-order chi connectivity index (χ0) is 29.9. The Hall–Kier alpha value is -4.92.